The van der Waals surface area contributed by atoms with Gasteiger partial charge < -0.3 is 10.1 Å². The van der Waals surface area contributed by atoms with Gasteiger partial charge in [-0.05, 0) is 58.7 Å². The minimum absolute atomic E-state index is 0.120. The van der Waals surface area contributed by atoms with E-state index >= 15 is 0 Å². The summed E-state index contributed by atoms with van der Waals surface area (Å²) < 4.78 is 31.1. The number of ether oxygens (including phenoxy) is 1. The van der Waals surface area contributed by atoms with E-state index in [4.69, 9.17) is 4.74 Å². The normalized spacial score (nSPS) is 11.7. The topological polar surface area (TPSA) is 55.4 Å². The van der Waals surface area contributed by atoms with Crippen LogP contribution in [0.1, 0.15) is 22.8 Å². The van der Waals surface area contributed by atoms with Gasteiger partial charge in [0.1, 0.15) is 11.6 Å². The minimum atomic E-state index is -1.03. The molecule has 2 aromatic carbocycles. The maximum absolute atomic E-state index is 13.0. The highest BCUT2D eigenvalue weighted by Crippen LogP contribution is 2.19. The smallest absolute Gasteiger partial charge is 0.340 e. The van der Waals surface area contributed by atoms with Crippen LogP contribution in [-0.4, -0.2) is 18.0 Å². The summed E-state index contributed by atoms with van der Waals surface area (Å²) in [6.07, 6.45) is -1.03. The molecule has 0 fully saturated rings. The molecule has 0 bridgehead atoms. The lowest BCUT2D eigenvalue weighted by atomic mass is 10.2. The number of hydrogen-bond acceptors (Lipinski definition) is 3. The van der Waals surface area contributed by atoms with E-state index < -0.39 is 23.8 Å². The molecule has 0 aliphatic carbocycles. The van der Waals surface area contributed by atoms with Gasteiger partial charge in [-0.25, -0.2) is 13.6 Å². The van der Waals surface area contributed by atoms with Crippen LogP contribution in [0.25, 0.3) is 0 Å². The highest BCUT2D eigenvalue weighted by atomic mass is 79.9. The number of rotatable bonds is 5. The monoisotopic (exact) mass is 397 g/mol. The highest BCUT2D eigenvalue weighted by Gasteiger charge is 2.20. The Bertz CT molecular complexity index is 750. The quantitative estimate of drug-likeness (QED) is 0.784. The molecule has 1 amide bonds. The summed E-state index contributed by atoms with van der Waals surface area (Å²) in [5.41, 5.74) is 0.833. The highest BCUT2D eigenvalue weighted by molar-refractivity contribution is 9.10. The third-order valence-electron chi connectivity index (χ3n) is 3.18. The molecule has 0 saturated carbocycles. The van der Waals surface area contributed by atoms with Gasteiger partial charge in [-0.2, -0.15) is 0 Å². The lowest BCUT2D eigenvalue weighted by Gasteiger charge is -2.14. The third kappa shape index (κ3) is 4.86. The molecule has 7 heteroatoms. The number of hydrogen-bond donors (Lipinski definition) is 1. The number of esters is 1. The molecular weight excluding hydrogens is 384 g/mol. The first-order valence-electron chi connectivity index (χ1n) is 7.05. The lowest BCUT2D eigenvalue weighted by molar-refractivity contribution is -0.129. The van der Waals surface area contributed by atoms with Gasteiger partial charge in [0.15, 0.2) is 6.10 Å². The van der Waals surface area contributed by atoms with Crippen LogP contribution in [-0.2, 0) is 16.1 Å². The number of amides is 1. The van der Waals surface area contributed by atoms with Crippen molar-refractivity contribution in [2.24, 2.45) is 0 Å². The second-order valence-corrected chi connectivity index (χ2v) is 5.87. The Kier molecular flexibility index (Phi) is 6.03. The van der Waals surface area contributed by atoms with E-state index in [0.717, 1.165) is 12.1 Å². The first-order valence-corrected chi connectivity index (χ1v) is 7.84. The Balaban J connectivity index is 1.90. The van der Waals surface area contributed by atoms with E-state index in [1.165, 1.54) is 25.1 Å². The predicted molar refractivity (Wildman–Crippen MR) is 87.2 cm³/mol. The Morgan fingerprint density at radius 3 is 2.38 bits per heavy atom. The number of carbonyl (C=O) groups excluding carboxylic acids is 2. The molecule has 0 spiro atoms. The van der Waals surface area contributed by atoms with E-state index in [1.54, 1.807) is 12.1 Å². The molecule has 4 nitrogen and oxygen atoms in total. The summed E-state index contributed by atoms with van der Waals surface area (Å²) in [4.78, 5) is 24.0. The number of carbonyl (C=O) groups is 2. The number of nitrogens with one attached hydrogen (secondary N) is 1. The molecule has 0 heterocycles. The van der Waals surface area contributed by atoms with Gasteiger partial charge in [0.2, 0.25) is 0 Å². The van der Waals surface area contributed by atoms with Gasteiger partial charge in [0, 0.05) is 11.0 Å². The summed E-state index contributed by atoms with van der Waals surface area (Å²) in [6.45, 7) is 1.61. The number of benzene rings is 2. The zero-order valence-electron chi connectivity index (χ0n) is 12.7. The average Bonchev–Trinajstić information content (AvgIpc) is 2.53. The van der Waals surface area contributed by atoms with Gasteiger partial charge >= 0.3 is 5.97 Å². The summed E-state index contributed by atoms with van der Waals surface area (Å²) >= 11 is 3.07. The molecule has 2 aromatic rings. The summed E-state index contributed by atoms with van der Waals surface area (Å²) in [7, 11) is 0. The van der Waals surface area contributed by atoms with Gasteiger partial charge in [0.25, 0.3) is 5.91 Å². The zero-order chi connectivity index (χ0) is 17.7. The van der Waals surface area contributed by atoms with E-state index in [2.05, 4.69) is 21.2 Å². The van der Waals surface area contributed by atoms with Gasteiger partial charge in [-0.3, -0.25) is 4.79 Å². The van der Waals surface area contributed by atoms with Gasteiger partial charge in [0.05, 0.1) is 5.56 Å². The first-order chi connectivity index (χ1) is 11.4. The Hall–Kier alpha value is -2.28. The van der Waals surface area contributed by atoms with Crippen LogP contribution in [0, 0.1) is 11.6 Å². The molecule has 0 unspecified atom stereocenters. The molecule has 0 aromatic heterocycles. The zero-order valence-corrected chi connectivity index (χ0v) is 14.3. The van der Waals surface area contributed by atoms with E-state index in [1.807, 2.05) is 0 Å². The second kappa shape index (κ2) is 8.01. The first kappa shape index (κ1) is 18.1. The summed E-state index contributed by atoms with van der Waals surface area (Å²) in [5, 5.41) is 2.59. The van der Waals surface area contributed by atoms with Crippen LogP contribution >= 0.6 is 15.9 Å². The van der Waals surface area contributed by atoms with Crippen LogP contribution in [0.15, 0.2) is 46.9 Å². The maximum atomic E-state index is 13.0. The van der Waals surface area contributed by atoms with Crippen molar-refractivity contribution in [3.63, 3.8) is 0 Å². The third-order valence-corrected chi connectivity index (χ3v) is 3.84. The molecule has 2 rings (SSSR count). The van der Waals surface area contributed by atoms with E-state index in [9.17, 15) is 18.4 Å². The Labute approximate surface area is 145 Å². The van der Waals surface area contributed by atoms with Crippen LogP contribution in [0.2, 0.25) is 0 Å². The van der Waals surface area contributed by atoms with Gasteiger partial charge in [-0.15, -0.1) is 0 Å². The number of halogens is 3. The van der Waals surface area contributed by atoms with Gasteiger partial charge in [-0.1, -0.05) is 12.1 Å². The molecular formula is C17H14BrF2NO3. The molecule has 0 saturated heterocycles. The SMILES string of the molecule is C[C@@H](OC(=O)c1ccc(F)cc1Br)C(=O)NCc1ccc(F)cc1. The lowest BCUT2D eigenvalue weighted by Crippen LogP contribution is -2.35. The van der Waals surface area contributed by atoms with Crippen molar-refractivity contribution in [1.29, 1.82) is 0 Å². The van der Waals surface area contributed by atoms with Crippen molar-refractivity contribution >= 4 is 27.8 Å². The molecule has 1 atom stereocenters. The predicted octanol–water partition coefficient (Wildman–Crippen LogP) is 3.59. The fraction of sp³-hybridized carbons (Fsp3) is 0.176. The van der Waals surface area contributed by atoms with Crippen molar-refractivity contribution < 1.29 is 23.1 Å². The van der Waals surface area contributed by atoms with Crippen molar-refractivity contribution in [3.05, 3.63) is 69.7 Å². The Morgan fingerprint density at radius 1 is 1.12 bits per heavy atom. The average molecular weight is 398 g/mol. The largest absolute Gasteiger partial charge is 0.449 e. The molecule has 0 aliphatic heterocycles. The fourth-order valence-corrected chi connectivity index (χ4v) is 2.38. The molecule has 0 aliphatic rings. The summed E-state index contributed by atoms with van der Waals surface area (Å²) in [6, 6.07) is 9.19. The maximum Gasteiger partial charge on any atom is 0.340 e. The second-order valence-electron chi connectivity index (χ2n) is 5.02. The van der Waals surface area contributed by atoms with E-state index in [0.29, 0.717) is 5.56 Å². The minimum Gasteiger partial charge on any atom is -0.449 e. The van der Waals surface area contributed by atoms with Crippen LogP contribution in [0.3, 0.4) is 0 Å². The van der Waals surface area contributed by atoms with Crippen LogP contribution < -0.4 is 5.32 Å². The van der Waals surface area contributed by atoms with E-state index in [-0.39, 0.29) is 22.4 Å². The summed E-state index contributed by atoms with van der Waals surface area (Å²) in [5.74, 6) is -2.10. The van der Waals surface area contributed by atoms with Crippen LogP contribution in [0.5, 0.6) is 0 Å². The molecule has 0 radical (unpaired) electrons. The van der Waals surface area contributed by atoms with Crippen molar-refractivity contribution in [2.75, 3.05) is 0 Å². The molecule has 24 heavy (non-hydrogen) atoms. The van der Waals surface area contributed by atoms with Crippen molar-refractivity contribution in [3.8, 4) is 0 Å². The van der Waals surface area contributed by atoms with Crippen molar-refractivity contribution in [2.45, 2.75) is 19.6 Å². The standard InChI is InChI=1S/C17H14BrF2NO3/c1-10(16(22)21-9-11-2-4-12(19)5-3-11)24-17(23)14-7-6-13(20)8-15(14)18/h2-8,10H,9H2,1H3,(H,21,22)/t10-/m1/s1. The molecule has 126 valence electrons. The Morgan fingerprint density at radius 2 is 1.75 bits per heavy atom. The van der Waals surface area contributed by atoms with Crippen molar-refractivity contribution in [1.82, 2.24) is 5.32 Å². The molecule has 1 N–H and O–H groups in total. The van der Waals surface area contributed by atoms with Crippen LogP contribution in [0.4, 0.5) is 8.78 Å². The fourth-order valence-electron chi connectivity index (χ4n) is 1.87.